The molecule has 0 saturated heterocycles. The molecule has 0 amide bonds. The Kier molecular flexibility index (Phi) is 57.2. The van der Waals surface area contributed by atoms with Gasteiger partial charge in [-0.2, -0.15) is 0 Å². The van der Waals surface area contributed by atoms with Crippen molar-refractivity contribution in [1.29, 1.82) is 0 Å². The fourth-order valence-electron chi connectivity index (χ4n) is 0.780. The van der Waals surface area contributed by atoms with E-state index in [1.807, 2.05) is 6.79 Å². The molecule has 2 N–H and O–H groups in total. The molecule has 0 spiro atoms. The summed E-state index contributed by atoms with van der Waals surface area (Å²) >= 11 is 9.54. The van der Waals surface area contributed by atoms with Crippen molar-refractivity contribution >= 4 is 105 Å². The number of halogens is 6. The van der Waals surface area contributed by atoms with Gasteiger partial charge in [-0.25, -0.2) is 0 Å². The number of carbonyl (C=O) groups excluding carboxylic acids is 1. The van der Waals surface area contributed by atoms with Crippen LogP contribution in [0, 0.1) is 40.5 Å². The summed E-state index contributed by atoms with van der Waals surface area (Å²) in [6.07, 6.45) is 2.89. The van der Waals surface area contributed by atoms with E-state index < -0.39 is 44.2 Å². The van der Waals surface area contributed by atoms with E-state index in [9.17, 15) is 40.5 Å². The molecule has 0 aromatic carbocycles. The molecule has 0 aromatic heterocycles. The molecule has 0 atom stereocenters. The summed E-state index contributed by atoms with van der Waals surface area (Å²) in [7, 11) is 0. The predicted octanol–water partition coefficient (Wildman–Crippen LogP) is 0.826. The number of aliphatic hydroxyl groups excluding tert-OH is 2. The summed E-state index contributed by atoms with van der Waals surface area (Å²) in [5.74, 6) is 0. The first-order chi connectivity index (χ1) is 16.7. The predicted molar refractivity (Wildman–Crippen MR) is 175 cm³/mol. The van der Waals surface area contributed by atoms with Crippen molar-refractivity contribution in [3.8, 4) is 0 Å². The molecule has 0 aliphatic carbocycles. The van der Waals surface area contributed by atoms with E-state index in [0.717, 1.165) is 13.8 Å². The van der Waals surface area contributed by atoms with Crippen molar-refractivity contribution in [3.05, 3.63) is 65.8 Å². The number of carbonyl (C=O) groups is 1. The maximum absolute atomic E-state index is 10.4. The standard InChI is InChI=1S/C7H12N2O6.C3H6N2O5.C3H6O.CH2O.I3.I2.HI/c1-3-4-14-6-15-5-7(2,8(10)11)9(12)13;1-3(2-6,4(7)8)5(9)10;1-2-3-4;1-2;1-3-2;1-2;/h3H,1,4-6H2,2H3;6H,2H2,1H3;2,4H,1,3H2;1H2;;;1H/q;;;;-1;;. The second-order valence-electron chi connectivity index (χ2n) is 5.27. The summed E-state index contributed by atoms with van der Waals surface area (Å²) in [5, 5.41) is 56.6. The molecule has 0 bridgehead atoms. The van der Waals surface area contributed by atoms with Crippen molar-refractivity contribution in [3.63, 3.8) is 0 Å². The molecule has 17 nitrogen and oxygen atoms in total. The Morgan fingerprint density at radius 2 is 1.14 bits per heavy atom. The Morgan fingerprint density at radius 1 is 0.838 bits per heavy atom. The van der Waals surface area contributed by atoms with Crippen molar-refractivity contribution in [1.82, 2.24) is 0 Å². The van der Waals surface area contributed by atoms with Crippen LogP contribution in [0.4, 0.5) is 0 Å². The van der Waals surface area contributed by atoms with Crippen molar-refractivity contribution < 1.29 is 57.4 Å². The van der Waals surface area contributed by atoms with Crippen LogP contribution in [0.3, 0.4) is 0 Å². The summed E-state index contributed by atoms with van der Waals surface area (Å²) in [6, 6.07) is 0. The number of nitro groups is 4. The molecule has 0 fully saturated rings. The van der Waals surface area contributed by atoms with E-state index >= 15 is 0 Å². The van der Waals surface area contributed by atoms with Gasteiger partial charge in [0.1, 0.15) is 33.3 Å². The molecule has 0 unspecified atom stereocenters. The summed E-state index contributed by atoms with van der Waals surface area (Å²) in [4.78, 5) is 44.4. The van der Waals surface area contributed by atoms with E-state index in [1.54, 1.807) is 0 Å². The van der Waals surface area contributed by atoms with Crippen molar-refractivity contribution in [2.45, 2.75) is 25.2 Å². The van der Waals surface area contributed by atoms with Gasteiger partial charge in [-0.15, -0.1) is 37.1 Å². The Bertz CT molecular complexity index is 594. The van der Waals surface area contributed by atoms with Crippen molar-refractivity contribution in [2.75, 3.05) is 33.2 Å². The van der Waals surface area contributed by atoms with Crippen LogP contribution in [0.2, 0.25) is 0 Å². The van der Waals surface area contributed by atoms with Gasteiger partial charge in [0.15, 0.2) is 13.2 Å². The van der Waals surface area contributed by atoms with Crippen LogP contribution in [-0.4, -0.2) is 81.2 Å². The van der Waals surface area contributed by atoms with Crippen LogP contribution >= 0.6 is 98.4 Å². The molecule has 224 valence electrons. The molecule has 0 heterocycles. The van der Waals surface area contributed by atoms with E-state index in [-0.39, 0.29) is 44.0 Å². The summed E-state index contributed by atoms with van der Waals surface area (Å²) in [6.45, 7) is 8.51. The van der Waals surface area contributed by atoms with Gasteiger partial charge in [0.2, 0.25) is 0 Å². The third-order valence-corrected chi connectivity index (χ3v) is 2.78. The second kappa shape index (κ2) is 39.1. The number of rotatable bonds is 12. The SMILES string of the molecule is C=CCO.C=CCOCOCC(C)([N+](=O)[O-])[N+](=O)[O-].C=O.CC(CO)([N+](=O)[O-])[N+](=O)[O-].I.II.I[I-]I. The van der Waals surface area contributed by atoms with Crippen LogP contribution in [0.25, 0.3) is 0 Å². The summed E-state index contributed by atoms with van der Waals surface area (Å²) < 4.78 is 9.42. The number of ether oxygens (including phenoxy) is 2. The molecule has 0 aromatic rings. The van der Waals surface area contributed by atoms with Crippen LogP contribution in [0.15, 0.2) is 25.3 Å². The third kappa shape index (κ3) is 33.1. The molecule has 0 aliphatic rings. The zero-order chi connectivity index (χ0) is 30.4. The third-order valence-electron chi connectivity index (χ3n) is 2.78. The number of hydrogen-bond acceptors (Lipinski definition) is 13. The molecule has 23 heteroatoms. The molecular weight excluding hydrogens is 1190 g/mol. The maximum atomic E-state index is 10.4. The Hall–Kier alpha value is 0.970. The average Bonchev–Trinajstić information content (AvgIpc) is 2.86. The minimum atomic E-state index is -2.46. The first-order valence-corrected chi connectivity index (χ1v) is 27.1. The molecule has 0 aliphatic heterocycles. The average molecular weight is 1220 g/mol. The monoisotopic (exact) mass is 1220 g/mol. The summed E-state index contributed by atoms with van der Waals surface area (Å²) in [5.41, 5.74) is -4.79. The Labute approximate surface area is 282 Å². The minimum absolute atomic E-state index is 0. The first-order valence-electron chi connectivity index (χ1n) is 8.20. The van der Waals surface area contributed by atoms with Gasteiger partial charge in [0.05, 0.1) is 27.1 Å². The molecule has 0 rings (SSSR count). The topological polar surface area (TPSA) is 249 Å². The van der Waals surface area contributed by atoms with Gasteiger partial charge in [0, 0.05) is 37.2 Å². The zero-order valence-electron chi connectivity index (χ0n) is 19.3. The van der Waals surface area contributed by atoms with E-state index in [4.69, 9.17) is 19.7 Å². The van der Waals surface area contributed by atoms with E-state index in [0.29, 0.717) is 13.3 Å². The van der Waals surface area contributed by atoms with Crippen LogP contribution in [0.1, 0.15) is 13.8 Å². The van der Waals surface area contributed by atoms with Gasteiger partial charge < -0.3 is 24.5 Å². The molecular formula is C14H27I6N4O13-. The van der Waals surface area contributed by atoms with Crippen LogP contribution < -0.4 is 13.3 Å². The van der Waals surface area contributed by atoms with Gasteiger partial charge in [-0.05, 0) is 0 Å². The first kappa shape index (κ1) is 54.1. The molecule has 37 heavy (non-hydrogen) atoms. The second-order valence-corrected chi connectivity index (χ2v) is 21.5. The Balaban J connectivity index is -0.0000000706. The van der Waals surface area contributed by atoms with Gasteiger partial charge in [0.25, 0.3) is 0 Å². The fraction of sp³-hybridized carbons (Fsp3) is 0.643. The Morgan fingerprint density at radius 3 is 1.30 bits per heavy atom. The van der Waals surface area contributed by atoms with Gasteiger partial charge in [-0.3, -0.25) is 40.5 Å². The number of aliphatic hydroxyl groups is 2. The van der Waals surface area contributed by atoms with Crippen LogP contribution in [-0.2, 0) is 14.3 Å². The van der Waals surface area contributed by atoms with Gasteiger partial charge in [-0.1, -0.05) is 12.2 Å². The molecule has 0 saturated carbocycles. The fourth-order valence-corrected chi connectivity index (χ4v) is 0.780. The number of hydrogen-bond donors (Lipinski definition) is 2. The quantitative estimate of drug-likeness (QED) is 0.0688. The van der Waals surface area contributed by atoms with Crippen LogP contribution in [0.5, 0.6) is 0 Å². The number of nitrogens with zero attached hydrogens (tertiary/aromatic N) is 4. The van der Waals surface area contributed by atoms with E-state index in [1.165, 1.54) is 12.2 Å². The van der Waals surface area contributed by atoms with E-state index in [2.05, 4.69) is 92.4 Å². The normalized spacial score (nSPS) is 8.97. The van der Waals surface area contributed by atoms with Gasteiger partial charge >= 0.3 is 61.8 Å². The zero-order valence-corrected chi connectivity index (χ0v) is 32.4. The molecule has 0 radical (unpaired) electrons. The van der Waals surface area contributed by atoms with Crippen molar-refractivity contribution in [2.24, 2.45) is 0 Å².